The smallest absolute Gasteiger partial charge is 0.373 e. The fourth-order valence-corrected chi connectivity index (χ4v) is 2.57. The molecule has 1 aromatic heterocycles. The van der Waals surface area contributed by atoms with Gasteiger partial charge < -0.3 is 14.8 Å². The van der Waals surface area contributed by atoms with Gasteiger partial charge in [0.2, 0.25) is 5.82 Å². The molecule has 3 rings (SSSR count). The Hall–Kier alpha value is -3.68. The number of aryl methyl sites for hydroxylation is 1. The van der Waals surface area contributed by atoms with Crippen molar-refractivity contribution in [3.8, 4) is 17.4 Å². The molecule has 0 radical (unpaired) electrons. The molecule has 8 nitrogen and oxygen atoms in total. The van der Waals surface area contributed by atoms with E-state index >= 15 is 0 Å². The average Bonchev–Trinajstić information content (AvgIpc) is 2.73. The van der Waals surface area contributed by atoms with E-state index in [2.05, 4.69) is 15.3 Å². The van der Waals surface area contributed by atoms with E-state index in [4.69, 9.17) is 9.47 Å². The highest BCUT2D eigenvalue weighted by Gasteiger charge is 2.25. The topological polar surface area (TPSA) is 99.4 Å². The van der Waals surface area contributed by atoms with Gasteiger partial charge in [-0.15, -0.1) is 0 Å². The highest BCUT2D eigenvalue weighted by atomic mass is 16.6. The number of ether oxygens (including phenoxy) is 2. The molecule has 0 amide bonds. The van der Waals surface area contributed by atoms with Gasteiger partial charge in [0.25, 0.3) is 0 Å². The molecule has 8 heteroatoms. The molecule has 1 N–H and O–H groups in total. The van der Waals surface area contributed by atoms with E-state index < -0.39 is 4.92 Å². The minimum Gasteiger partial charge on any atom is -0.497 e. The number of benzene rings is 2. The quantitative estimate of drug-likeness (QED) is 0.458. The lowest BCUT2D eigenvalue weighted by Crippen LogP contribution is -2.07. The zero-order valence-electron chi connectivity index (χ0n) is 15.6. The van der Waals surface area contributed by atoms with Crippen LogP contribution in [0.5, 0.6) is 17.4 Å². The van der Waals surface area contributed by atoms with Crippen molar-refractivity contribution in [3.05, 3.63) is 76.1 Å². The first-order valence-corrected chi connectivity index (χ1v) is 8.73. The second-order valence-electron chi connectivity index (χ2n) is 5.93. The molecule has 144 valence electrons. The Morgan fingerprint density at radius 2 is 1.64 bits per heavy atom. The zero-order valence-corrected chi connectivity index (χ0v) is 15.6. The fraction of sp³-hybridized carbons (Fsp3) is 0.200. The van der Waals surface area contributed by atoms with Crippen LogP contribution in [0.4, 0.5) is 11.5 Å². The summed E-state index contributed by atoms with van der Waals surface area (Å²) in [7, 11) is 1.59. The van der Waals surface area contributed by atoms with Crippen LogP contribution < -0.4 is 14.8 Å². The van der Waals surface area contributed by atoms with Gasteiger partial charge in [-0.3, -0.25) is 10.1 Å². The molecule has 2 aromatic carbocycles. The van der Waals surface area contributed by atoms with Crippen molar-refractivity contribution in [2.45, 2.75) is 19.9 Å². The number of rotatable bonds is 8. The molecule has 0 saturated carbocycles. The summed E-state index contributed by atoms with van der Waals surface area (Å²) in [6.07, 6.45) is 2.13. The maximum atomic E-state index is 11.6. The van der Waals surface area contributed by atoms with Crippen molar-refractivity contribution in [1.29, 1.82) is 0 Å². The van der Waals surface area contributed by atoms with E-state index in [-0.39, 0.29) is 17.4 Å². The predicted octanol–water partition coefficient (Wildman–Crippen LogP) is 4.36. The third-order valence-corrected chi connectivity index (χ3v) is 4.14. The van der Waals surface area contributed by atoms with Crippen LogP contribution >= 0.6 is 0 Å². The van der Waals surface area contributed by atoms with Crippen molar-refractivity contribution in [3.63, 3.8) is 0 Å². The van der Waals surface area contributed by atoms with Crippen LogP contribution in [-0.4, -0.2) is 22.0 Å². The number of hydrogen-bond donors (Lipinski definition) is 1. The molecule has 0 atom stereocenters. The summed E-state index contributed by atoms with van der Waals surface area (Å²) in [6, 6.07) is 14.7. The standard InChI is InChI=1S/C20H20N4O4/c1-3-14-4-10-17(11-5-14)28-20-18(24(25)26)19(22-13-23-20)21-12-15-6-8-16(27-2)9-7-15/h4-11,13H,3,12H2,1-2H3,(H,21,22,23). The molecule has 0 unspecified atom stereocenters. The van der Waals surface area contributed by atoms with E-state index in [1.807, 2.05) is 43.3 Å². The largest absolute Gasteiger partial charge is 0.497 e. The summed E-state index contributed by atoms with van der Waals surface area (Å²) in [4.78, 5) is 19.0. The van der Waals surface area contributed by atoms with Crippen LogP contribution in [0.1, 0.15) is 18.1 Å². The molecule has 0 bridgehead atoms. The molecule has 3 aromatic rings. The highest BCUT2D eigenvalue weighted by molar-refractivity contribution is 5.62. The molecule has 0 fully saturated rings. The van der Waals surface area contributed by atoms with Gasteiger partial charge >= 0.3 is 11.6 Å². The maximum absolute atomic E-state index is 11.6. The average molecular weight is 380 g/mol. The van der Waals surface area contributed by atoms with E-state index in [1.54, 1.807) is 19.2 Å². The molecule has 0 aliphatic rings. The lowest BCUT2D eigenvalue weighted by molar-refractivity contribution is -0.385. The van der Waals surface area contributed by atoms with Crippen LogP contribution in [-0.2, 0) is 13.0 Å². The van der Waals surface area contributed by atoms with Crippen LogP contribution in [0.3, 0.4) is 0 Å². The number of nitrogens with one attached hydrogen (secondary N) is 1. The zero-order chi connectivity index (χ0) is 19.9. The Kier molecular flexibility index (Phi) is 6.01. The summed E-state index contributed by atoms with van der Waals surface area (Å²) in [6.45, 7) is 2.40. The van der Waals surface area contributed by atoms with Crippen molar-refractivity contribution in [2.24, 2.45) is 0 Å². The molecule has 0 aliphatic carbocycles. The van der Waals surface area contributed by atoms with Gasteiger partial charge in [-0.2, -0.15) is 4.98 Å². The number of aromatic nitrogens is 2. The van der Waals surface area contributed by atoms with Crippen LogP contribution in [0, 0.1) is 10.1 Å². The Morgan fingerprint density at radius 1 is 1.00 bits per heavy atom. The minimum atomic E-state index is -0.550. The van der Waals surface area contributed by atoms with E-state index in [1.165, 1.54) is 6.33 Å². The number of nitro groups is 1. The Balaban J connectivity index is 1.80. The fourth-order valence-electron chi connectivity index (χ4n) is 2.57. The van der Waals surface area contributed by atoms with Crippen molar-refractivity contribution >= 4 is 11.5 Å². The summed E-state index contributed by atoms with van der Waals surface area (Å²) >= 11 is 0. The molecule has 0 spiro atoms. The number of nitrogens with zero attached hydrogens (tertiary/aromatic N) is 3. The molecular weight excluding hydrogens is 360 g/mol. The van der Waals surface area contributed by atoms with Gasteiger partial charge in [-0.05, 0) is 41.8 Å². The van der Waals surface area contributed by atoms with Gasteiger partial charge in [0.15, 0.2) is 0 Å². The summed E-state index contributed by atoms with van der Waals surface area (Å²) in [5.74, 6) is 1.19. The Bertz CT molecular complexity index is 943. The van der Waals surface area contributed by atoms with Crippen LogP contribution in [0.2, 0.25) is 0 Å². The van der Waals surface area contributed by atoms with Gasteiger partial charge in [-0.25, -0.2) is 4.98 Å². The van der Waals surface area contributed by atoms with E-state index in [0.29, 0.717) is 12.3 Å². The monoisotopic (exact) mass is 380 g/mol. The van der Waals surface area contributed by atoms with Gasteiger partial charge in [0, 0.05) is 6.54 Å². The molecule has 1 heterocycles. The Morgan fingerprint density at radius 3 is 2.25 bits per heavy atom. The highest BCUT2D eigenvalue weighted by Crippen LogP contribution is 2.34. The van der Waals surface area contributed by atoms with Gasteiger partial charge in [-0.1, -0.05) is 31.2 Å². The molecule has 0 saturated heterocycles. The third kappa shape index (κ3) is 4.53. The van der Waals surface area contributed by atoms with Crippen molar-refractivity contribution in [2.75, 3.05) is 12.4 Å². The molecular formula is C20H20N4O4. The summed E-state index contributed by atoms with van der Waals surface area (Å²) < 4.78 is 10.8. The lowest BCUT2D eigenvalue weighted by atomic mass is 10.2. The molecule has 28 heavy (non-hydrogen) atoms. The first-order valence-electron chi connectivity index (χ1n) is 8.73. The van der Waals surface area contributed by atoms with Gasteiger partial charge in [0.1, 0.15) is 17.8 Å². The predicted molar refractivity (Wildman–Crippen MR) is 105 cm³/mol. The molecule has 0 aliphatic heterocycles. The second kappa shape index (κ2) is 8.81. The first-order chi connectivity index (χ1) is 13.6. The SMILES string of the molecule is CCc1ccc(Oc2ncnc(NCc3ccc(OC)cc3)c2[N+](=O)[O-])cc1. The minimum absolute atomic E-state index is 0.0935. The van der Waals surface area contributed by atoms with E-state index in [9.17, 15) is 10.1 Å². The van der Waals surface area contributed by atoms with Crippen molar-refractivity contribution < 1.29 is 14.4 Å². The number of anilines is 1. The van der Waals surface area contributed by atoms with Gasteiger partial charge in [0.05, 0.1) is 12.0 Å². The van der Waals surface area contributed by atoms with E-state index in [0.717, 1.165) is 23.3 Å². The second-order valence-corrected chi connectivity index (χ2v) is 5.93. The summed E-state index contributed by atoms with van der Waals surface area (Å²) in [5.41, 5.74) is 1.76. The van der Waals surface area contributed by atoms with Crippen LogP contribution in [0.15, 0.2) is 54.9 Å². The maximum Gasteiger partial charge on any atom is 0.373 e. The lowest BCUT2D eigenvalue weighted by Gasteiger charge is -2.10. The number of methoxy groups -OCH3 is 1. The number of hydrogen-bond acceptors (Lipinski definition) is 7. The van der Waals surface area contributed by atoms with Crippen LogP contribution in [0.25, 0.3) is 0 Å². The third-order valence-electron chi connectivity index (χ3n) is 4.14. The van der Waals surface area contributed by atoms with Crippen molar-refractivity contribution in [1.82, 2.24) is 9.97 Å². The summed E-state index contributed by atoms with van der Waals surface area (Å²) in [5, 5.41) is 14.6. The Labute approximate surface area is 162 Å². The first kappa shape index (κ1) is 19.1. The normalized spacial score (nSPS) is 10.4.